The van der Waals surface area contributed by atoms with Crippen LogP contribution in [0, 0.1) is 5.41 Å². The van der Waals surface area contributed by atoms with Gasteiger partial charge in [0.25, 0.3) is 5.91 Å². The number of amides is 1. The van der Waals surface area contributed by atoms with Crippen molar-refractivity contribution >= 4 is 40.6 Å². The maximum atomic E-state index is 15.3. The maximum absolute atomic E-state index is 15.3. The summed E-state index contributed by atoms with van der Waals surface area (Å²) in [6.45, 7) is 0.659. The fourth-order valence-corrected chi connectivity index (χ4v) is 4.33. The van der Waals surface area contributed by atoms with Crippen molar-refractivity contribution in [3.05, 3.63) is 62.9 Å². The lowest BCUT2D eigenvalue weighted by atomic mass is 9.86. The van der Waals surface area contributed by atoms with Crippen molar-refractivity contribution in [3.63, 3.8) is 0 Å². The SMILES string of the molecule is N=C/C(=C\N)c1cc(C(=O)N2CCC(F)(c3ccccc3Cl)CC2)cs1. The first-order chi connectivity index (χ1) is 12.5. The molecule has 0 radical (unpaired) electrons. The minimum Gasteiger partial charge on any atom is -0.404 e. The molecule has 0 unspecified atom stereocenters. The van der Waals surface area contributed by atoms with Gasteiger partial charge < -0.3 is 16.0 Å². The van der Waals surface area contributed by atoms with Crippen LogP contribution in [0.2, 0.25) is 5.02 Å². The highest BCUT2D eigenvalue weighted by molar-refractivity contribution is 7.11. The molecule has 1 amide bonds. The van der Waals surface area contributed by atoms with Gasteiger partial charge in [-0.05, 0) is 12.1 Å². The molecule has 26 heavy (non-hydrogen) atoms. The van der Waals surface area contributed by atoms with Gasteiger partial charge in [-0.3, -0.25) is 4.79 Å². The number of carbonyl (C=O) groups excluding carboxylic acids is 1. The number of nitrogens with zero attached hydrogens (tertiary/aromatic N) is 1. The summed E-state index contributed by atoms with van der Waals surface area (Å²) in [4.78, 5) is 15.1. The molecule has 1 fully saturated rings. The molecular formula is C19H19ClFN3OS. The number of nitrogens with two attached hydrogens (primary N) is 1. The van der Waals surface area contributed by atoms with Crippen molar-refractivity contribution in [2.45, 2.75) is 18.5 Å². The number of piperidine rings is 1. The lowest BCUT2D eigenvalue weighted by molar-refractivity contribution is 0.0422. The number of allylic oxidation sites excluding steroid dienone is 1. The summed E-state index contributed by atoms with van der Waals surface area (Å²) in [6.07, 6.45) is 2.93. The first-order valence-electron chi connectivity index (χ1n) is 8.23. The van der Waals surface area contributed by atoms with E-state index in [1.54, 1.807) is 40.6 Å². The molecule has 0 aliphatic carbocycles. The van der Waals surface area contributed by atoms with E-state index in [0.29, 0.717) is 34.8 Å². The summed E-state index contributed by atoms with van der Waals surface area (Å²) in [5.74, 6) is -0.130. The predicted molar refractivity (Wildman–Crippen MR) is 105 cm³/mol. The van der Waals surface area contributed by atoms with Gasteiger partial charge in [0.2, 0.25) is 0 Å². The van der Waals surface area contributed by atoms with E-state index in [9.17, 15) is 4.79 Å². The zero-order valence-electron chi connectivity index (χ0n) is 14.0. The molecule has 2 aromatic rings. The van der Waals surface area contributed by atoms with Crippen molar-refractivity contribution in [2.75, 3.05) is 13.1 Å². The molecule has 0 saturated carbocycles. The summed E-state index contributed by atoms with van der Waals surface area (Å²) in [5, 5.41) is 9.51. The van der Waals surface area contributed by atoms with Crippen LogP contribution in [0.1, 0.15) is 33.6 Å². The second kappa shape index (κ2) is 7.60. The normalized spacial score (nSPS) is 17.2. The number of benzene rings is 1. The molecular weight excluding hydrogens is 373 g/mol. The van der Waals surface area contributed by atoms with Crippen molar-refractivity contribution in [1.82, 2.24) is 4.90 Å². The van der Waals surface area contributed by atoms with Crippen LogP contribution in [0.3, 0.4) is 0 Å². The number of carbonyl (C=O) groups is 1. The van der Waals surface area contributed by atoms with E-state index in [1.165, 1.54) is 17.5 Å². The molecule has 3 N–H and O–H groups in total. The Labute approximate surface area is 160 Å². The second-order valence-corrected chi connectivity index (χ2v) is 7.52. The van der Waals surface area contributed by atoms with Gasteiger partial charge >= 0.3 is 0 Å². The van der Waals surface area contributed by atoms with Crippen LogP contribution < -0.4 is 5.73 Å². The van der Waals surface area contributed by atoms with Gasteiger partial charge in [-0.2, -0.15) is 0 Å². The van der Waals surface area contributed by atoms with Gasteiger partial charge in [-0.1, -0.05) is 29.8 Å². The van der Waals surface area contributed by atoms with E-state index in [-0.39, 0.29) is 18.7 Å². The number of rotatable bonds is 4. The number of alkyl halides is 1. The zero-order chi connectivity index (χ0) is 18.7. The molecule has 1 aromatic carbocycles. The standard InChI is InChI=1S/C19H19ClFN3OS/c20-16-4-2-1-3-15(16)19(21)5-7-24(8-6-19)18(25)13-9-17(26-12-13)14(10-22)11-23/h1-4,9-12,22H,5-8,23H2/b14-11+,22-10?. The highest BCUT2D eigenvalue weighted by Crippen LogP contribution is 2.40. The molecule has 0 bridgehead atoms. The highest BCUT2D eigenvalue weighted by Gasteiger charge is 2.39. The van der Waals surface area contributed by atoms with Gasteiger partial charge in [0.15, 0.2) is 0 Å². The maximum Gasteiger partial charge on any atom is 0.254 e. The quantitative estimate of drug-likeness (QED) is 0.756. The van der Waals surface area contributed by atoms with Crippen molar-refractivity contribution in [2.24, 2.45) is 5.73 Å². The van der Waals surface area contributed by atoms with Crippen molar-refractivity contribution < 1.29 is 9.18 Å². The summed E-state index contributed by atoms with van der Waals surface area (Å²) >= 11 is 7.51. The molecule has 1 saturated heterocycles. The monoisotopic (exact) mass is 391 g/mol. The lowest BCUT2D eigenvalue weighted by Crippen LogP contribution is -2.43. The summed E-state index contributed by atoms with van der Waals surface area (Å²) in [5.41, 5.74) is 5.57. The summed E-state index contributed by atoms with van der Waals surface area (Å²) in [7, 11) is 0. The third kappa shape index (κ3) is 3.52. The fraction of sp³-hybridized carbons (Fsp3) is 0.263. The van der Waals surface area contributed by atoms with Crippen LogP contribution >= 0.6 is 22.9 Å². The Bertz CT molecular complexity index is 856. The Morgan fingerprint density at radius 3 is 2.65 bits per heavy atom. The lowest BCUT2D eigenvalue weighted by Gasteiger charge is -2.37. The highest BCUT2D eigenvalue weighted by atomic mass is 35.5. The van der Waals surface area contributed by atoms with E-state index >= 15 is 4.39 Å². The van der Waals surface area contributed by atoms with Crippen LogP contribution in [0.15, 0.2) is 41.9 Å². The second-order valence-electron chi connectivity index (χ2n) is 6.20. The summed E-state index contributed by atoms with van der Waals surface area (Å²) in [6, 6.07) is 8.68. The number of hydrogen-bond donors (Lipinski definition) is 2. The smallest absolute Gasteiger partial charge is 0.254 e. The molecule has 4 nitrogen and oxygen atoms in total. The molecule has 2 heterocycles. The van der Waals surface area contributed by atoms with Crippen LogP contribution in [-0.4, -0.2) is 30.1 Å². The number of likely N-dealkylation sites (tertiary alicyclic amines) is 1. The molecule has 136 valence electrons. The van der Waals surface area contributed by atoms with E-state index in [1.807, 2.05) is 0 Å². The first kappa shape index (κ1) is 18.6. The molecule has 1 aliphatic rings. The number of hydrogen-bond acceptors (Lipinski definition) is 4. The number of halogens is 2. The Hall–Kier alpha value is -2.18. The first-order valence-corrected chi connectivity index (χ1v) is 9.49. The van der Waals surface area contributed by atoms with Gasteiger partial charge in [0, 0.05) is 64.8 Å². The Balaban J connectivity index is 1.71. The van der Waals surface area contributed by atoms with Crippen molar-refractivity contribution in [3.8, 4) is 0 Å². The molecule has 1 aliphatic heterocycles. The van der Waals surface area contributed by atoms with Gasteiger partial charge in [-0.15, -0.1) is 11.3 Å². The van der Waals surface area contributed by atoms with Crippen LogP contribution in [0.5, 0.6) is 0 Å². The molecule has 0 spiro atoms. The zero-order valence-corrected chi connectivity index (χ0v) is 15.6. The topological polar surface area (TPSA) is 70.2 Å². The van der Waals surface area contributed by atoms with Crippen molar-refractivity contribution in [1.29, 1.82) is 5.41 Å². The minimum absolute atomic E-state index is 0.130. The summed E-state index contributed by atoms with van der Waals surface area (Å²) < 4.78 is 15.3. The Morgan fingerprint density at radius 1 is 1.35 bits per heavy atom. The third-order valence-corrected chi connectivity index (χ3v) is 5.97. The predicted octanol–water partition coefficient (Wildman–Crippen LogP) is 4.45. The van der Waals surface area contributed by atoms with Gasteiger partial charge in [-0.25, -0.2) is 4.39 Å². The molecule has 7 heteroatoms. The average molecular weight is 392 g/mol. The van der Waals surface area contributed by atoms with E-state index in [2.05, 4.69) is 0 Å². The molecule has 1 aromatic heterocycles. The van der Waals surface area contributed by atoms with Gasteiger partial charge in [0.1, 0.15) is 5.67 Å². The molecule has 3 rings (SSSR count). The average Bonchev–Trinajstić information content (AvgIpc) is 3.13. The number of nitrogens with one attached hydrogen (secondary N) is 1. The minimum atomic E-state index is -1.51. The van der Waals surface area contributed by atoms with E-state index in [0.717, 1.165) is 11.1 Å². The van der Waals surface area contributed by atoms with Crippen LogP contribution in [-0.2, 0) is 5.67 Å². The van der Waals surface area contributed by atoms with Crippen LogP contribution in [0.4, 0.5) is 4.39 Å². The Morgan fingerprint density at radius 2 is 2.04 bits per heavy atom. The number of thiophene rings is 1. The fourth-order valence-electron chi connectivity index (χ4n) is 3.14. The van der Waals surface area contributed by atoms with Crippen LogP contribution in [0.25, 0.3) is 5.57 Å². The largest absolute Gasteiger partial charge is 0.404 e. The van der Waals surface area contributed by atoms with E-state index < -0.39 is 5.67 Å². The molecule has 0 atom stereocenters. The van der Waals surface area contributed by atoms with E-state index in [4.69, 9.17) is 22.7 Å². The van der Waals surface area contributed by atoms with Gasteiger partial charge in [0.05, 0.1) is 5.56 Å². The Kier molecular flexibility index (Phi) is 5.44. The third-order valence-electron chi connectivity index (χ3n) is 4.67.